The molecule has 2 N–H and O–H groups in total. The van der Waals surface area contributed by atoms with Gasteiger partial charge < -0.3 is 19.3 Å². The highest BCUT2D eigenvalue weighted by atomic mass is 32.2. The van der Waals surface area contributed by atoms with Gasteiger partial charge in [-0.05, 0) is 121 Å². The molecule has 0 spiro atoms. The summed E-state index contributed by atoms with van der Waals surface area (Å²) in [4.78, 5) is 0. The van der Waals surface area contributed by atoms with E-state index in [1.165, 1.54) is 17.9 Å². The first-order valence-corrected chi connectivity index (χ1v) is 15.8. The maximum absolute atomic E-state index is 10.3. The molecule has 0 amide bonds. The number of nitrogens with zero attached hydrogens (tertiary/aromatic N) is 4. The van der Waals surface area contributed by atoms with E-state index >= 15 is 0 Å². The van der Waals surface area contributed by atoms with Crippen molar-refractivity contribution >= 4 is 48.0 Å². The van der Waals surface area contributed by atoms with Crippen molar-refractivity contribution in [2.75, 3.05) is 23.0 Å². The van der Waals surface area contributed by atoms with Crippen LogP contribution in [-0.4, -0.2) is 51.5 Å². The lowest BCUT2D eigenvalue weighted by molar-refractivity contribution is 0.277. The Morgan fingerprint density at radius 1 is 0.686 bits per heavy atom. The predicted octanol–water partition coefficient (Wildman–Crippen LogP) is 7.39. The molecule has 0 atom stereocenters. The van der Waals surface area contributed by atoms with E-state index in [9.17, 15) is 10.2 Å². The molecule has 35 heavy (non-hydrogen) atoms. The number of imidazole rings is 2. The summed E-state index contributed by atoms with van der Waals surface area (Å²) < 4.78 is 9.01. The third kappa shape index (κ3) is 8.07. The summed E-state index contributed by atoms with van der Waals surface area (Å²) in [7, 11) is 0. The maximum atomic E-state index is 10.3. The van der Waals surface area contributed by atoms with E-state index in [0.29, 0.717) is 9.54 Å². The Hall–Kier alpha value is -0.840. The van der Waals surface area contributed by atoms with Crippen molar-refractivity contribution in [3.63, 3.8) is 0 Å². The zero-order valence-electron chi connectivity index (χ0n) is 22.2. The van der Waals surface area contributed by atoms with Crippen molar-refractivity contribution in [3.8, 4) is 11.8 Å². The third-order valence-corrected chi connectivity index (χ3v) is 9.64. The Balaban J connectivity index is 1.59. The Bertz CT molecular complexity index is 967. The van der Waals surface area contributed by atoms with Crippen LogP contribution in [0, 0.1) is 9.54 Å². The zero-order chi connectivity index (χ0) is 26.2. The molecular formula is C25H44N4O2S4. The number of aryl methyl sites for hydroxylation is 2. The molecule has 0 fully saturated rings. The summed E-state index contributed by atoms with van der Waals surface area (Å²) in [5.74, 6) is 5.15. The number of thioether (sulfide) groups is 2. The van der Waals surface area contributed by atoms with Crippen LogP contribution in [0.15, 0.2) is 12.4 Å². The van der Waals surface area contributed by atoms with Crippen molar-refractivity contribution in [1.29, 1.82) is 0 Å². The van der Waals surface area contributed by atoms with Crippen LogP contribution in [0.5, 0.6) is 11.8 Å². The first kappa shape index (κ1) is 30.4. The third-order valence-electron chi connectivity index (χ3n) is 6.50. The highest BCUT2D eigenvalue weighted by Gasteiger charge is 2.25. The highest BCUT2D eigenvalue weighted by molar-refractivity contribution is 8.00. The van der Waals surface area contributed by atoms with Crippen molar-refractivity contribution in [1.82, 2.24) is 18.3 Å². The zero-order valence-corrected chi connectivity index (χ0v) is 25.5. The average Bonchev–Trinajstić information content (AvgIpc) is 3.25. The van der Waals surface area contributed by atoms with E-state index in [-0.39, 0.29) is 22.8 Å². The topological polar surface area (TPSA) is 60.2 Å². The minimum atomic E-state index is -0.189. The SMILES string of the molecule is CCn1cc(O)n(C(C)(C)CCCSCCCSCCCC(C)(C)n2c(O)cn(CC)c2=S)c1=S. The van der Waals surface area contributed by atoms with Gasteiger partial charge in [-0.1, -0.05) is 0 Å². The van der Waals surface area contributed by atoms with Gasteiger partial charge in [-0.25, -0.2) is 0 Å². The van der Waals surface area contributed by atoms with Crippen molar-refractivity contribution in [2.45, 2.75) is 97.8 Å². The van der Waals surface area contributed by atoms with Gasteiger partial charge in [0, 0.05) is 24.2 Å². The molecule has 200 valence electrons. The van der Waals surface area contributed by atoms with Crippen LogP contribution in [0.4, 0.5) is 0 Å². The Labute approximate surface area is 230 Å². The van der Waals surface area contributed by atoms with Crippen LogP contribution >= 0.6 is 48.0 Å². The standard InChI is InChI=1S/C25H44N4O2S4/c1-7-26-18-20(30)28(22(26)32)24(3,4)12-9-14-34-16-11-17-35-15-10-13-25(5,6)29-21(31)19-27(8-2)23(29)33/h18-19,30-31H,7-17H2,1-6H3. The van der Waals surface area contributed by atoms with Crippen LogP contribution < -0.4 is 0 Å². The lowest BCUT2D eigenvalue weighted by Gasteiger charge is -2.27. The molecule has 0 bridgehead atoms. The quantitative estimate of drug-likeness (QED) is 0.165. The Morgan fingerprint density at radius 2 is 1.03 bits per heavy atom. The summed E-state index contributed by atoms with van der Waals surface area (Å²) in [5, 5.41) is 20.7. The fourth-order valence-corrected chi connectivity index (χ4v) is 7.48. The molecule has 2 aromatic heterocycles. The predicted molar refractivity (Wildman–Crippen MR) is 158 cm³/mol. The molecule has 2 heterocycles. The summed E-state index contributed by atoms with van der Waals surface area (Å²) >= 11 is 15.1. The van der Waals surface area contributed by atoms with E-state index in [1.54, 1.807) is 12.4 Å². The lowest BCUT2D eigenvalue weighted by atomic mass is 9.99. The van der Waals surface area contributed by atoms with Crippen LogP contribution in [0.1, 0.15) is 73.6 Å². The maximum Gasteiger partial charge on any atom is 0.210 e. The van der Waals surface area contributed by atoms with Crippen LogP contribution in [0.2, 0.25) is 0 Å². The highest BCUT2D eigenvalue weighted by Crippen LogP contribution is 2.30. The summed E-state index contributed by atoms with van der Waals surface area (Å²) in [6.07, 6.45) is 8.88. The normalized spacial score (nSPS) is 12.5. The van der Waals surface area contributed by atoms with Gasteiger partial charge >= 0.3 is 0 Å². The molecule has 0 radical (unpaired) electrons. The number of hydrogen-bond donors (Lipinski definition) is 2. The minimum absolute atomic E-state index is 0.189. The summed E-state index contributed by atoms with van der Waals surface area (Å²) in [5.41, 5.74) is -0.377. The second kappa shape index (κ2) is 13.6. The second-order valence-electron chi connectivity index (χ2n) is 10.2. The van der Waals surface area contributed by atoms with Crippen LogP contribution in [-0.2, 0) is 24.2 Å². The Morgan fingerprint density at radius 3 is 1.34 bits per heavy atom. The summed E-state index contributed by atoms with van der Waals surface area (Å²) in [6, 6.07) is 0. The largest absolute Gasteiger partial charge is 0.493 e. The first-order valence-electron chi connectivity index (χ1n) is 12.6. The number of aromatic hydroxyl groups is 2. The van der Waals surface area contributed by atoms with E-state index in [2.05, 4.69) is 27.7 Å². The van der Waals surface area contributed by atoms with E-state index in [1.807, 2.05) is 55.6 Å². The second-order valence-corrected chi connectivity index (χ2v) is 13.4. The molecule has 6 nitrogen and oxygen atoms in total. The monoisotopic (exact) mass is 560 g/mol. The lowest BCUT2D eigenvalue weighted by Crippen LogP contribution is -2.26. The molecule has 0 aliphatic heterocycles. The smallest absolute Gasteiger partial charge is 0.210 e. The molecule has 2 rings (SSSR count). The van der Waals surface area contributed by atoms with Gasteiger partial charge in [0.2, 0.25) is 11.8 Å². The summed E-state index contributed by atoms with van der Waals surface area (Å²) in [6.45, 7) is 14.2. The number of hydrogen-bond acceptors (Lipinski definition) is 6. The van der Waals surface area contributed by atoms with Crippen molar-refractivity contribution in [3.05, 3.63) is 21.9 Å². The van der Waals surface area contributed by atoms with Crippen molar-refractivity contribution in [2.24, 2.45) is 0 Å². The molecule has 0 aromatic carbocycles. The molecule has 0 aliphatic carbocycles. The van der Waals surface area contributed by atoms with Gasteiger partial charge in [-0.3, -0.25) is 9.13 Å². The molecule has 0 saturated heterocycles. The molecule has 0 unspecified atom stereocenters. The van der Waals surface area contributed by atoms with Gasteiger partial charge in [0.15, 0.2) is 9.54 Å². The van der Waals surface area contributed by atoms with E-state index in [4.69, 9.17) is 24.4 Å². The average molecular weight is 561 g/mol. The van der Waals surface area contributed by atoms with Crippen LogP contribution in [0.3, 0.4) is 0 Å². The number of aromatic nitrogens is 4. The molecule has 10 heteroatoms. The van der Waals surface area contributed by atoms with Gasteiger partial charge in [0.05, 0.1) is 12.4 Å². The molecule has 0 saturated carbocycles. The van der Waals surface area contributed by atoms with Crippen molar-refractivity contribution < 1.29 is 10.2 Å². The van der Waals surface area contributed by atoms with Gasteiger partial charge in [0.25, 0.3) is 0 Å². The molecular weight excluding hydrogens is 517 g/mol. The van der Waals surface area contributed by atoms with E-state index in [0.717, 1.165) is 50.3 Å². The van der Waals surface area contributed by atoms with E-state index < -0.39 is 0 Å². The van der Waals surface area contributed by atoms with Gasteiger partial charge in [-0.15, -0.1) is 0 Å². The minimum Gasteiger partial charge on any atom is -0.493 e. The van der Waals surface area contributed by atoms with Gasteiger partial charge in [-0.2, -0.15) is 23.5 Å². The Kier molecular flexibility index (Phi) is 11.8. The van der Waals surface area contributed by atoms with Crippen LogP contribution in [0.25, 0.3) is 0 Å². The number of rotatable bonds is 16. The molecule has 2 aromatic rings. The fraction of sp³-hybridized carbons (Fsp3) is 0.760. The fourth-order valence-electron chi connectivity index (χ4n) is 4.45. The first-order chi connectivity index (χ1) is 16.5. The van der Waals surface area contributed by atoms with Gasteiger partial charge in [0.1, 0.15) is 0 Å². The molecule has 0 aliphatic rings.